The van der Waals surface area contributed by atoms with E-state index in [-0.39, 0.29) is 11.7 Å². The first-order valence-corrected chi connectivity index (χ1v) is 10.2. The number of hydrogen-bond acceptors (Lipinski definition) is 7. The Balaban J connectivity index is 0.000000604. The van der Waals surface area contributed by atoms with Crippen molar-refractivity contribution in [2.24, 2.45) is 0 Å². The van der Waals surface area contributed by atoms with Crippen LogP contribution in [-0.2, 0) is 16.1 Å². The van der Waals surface area contributed by atoms with Crippen LogP contribution < -0.4 is 14.2 Å². The number of carboxylic acid groups (broad SMARTS) is 2. The Morgan fingerprint density at radius 2 is 1.41 bits per heavy atom. The first-order chi connectivity index (χ1) is 16.2. The molecule has 0 unspecified atom stereocenters. The third kappa shape index (κ3) is 6.82. The van der Waals surface area contributed by atoms with Crippen molar-refractivity contribution < 1.29 is 43.2 Å². The van der Waals surface area contributed by atoms with Crippen molar-refractivity contribution in [3.05, 3.63) is 53.3 Å². The zero-order valence-electron chi connectivity index (χ0n) is 19.1. The van der Waals surface area contributed by atoms with E-state index in [9.17, 15) is 9.18 Å². The van der Waals surface area contributed by atoms with Crippen molar-refractivity contribution in [1.29, 1.82) is 0 Å². The summed E-state index contributed by atoms with van der Waals surface area (Å²) in [5.41, 5.74) is 1.16. The summed E-state index contributed by atoms with van der Waals surface area (Å²) in [5, 5.41) is 14.8. The number of methoxy groups -OCH3 is 3. The maximum atomic E-state index is 13.9. The van der Waals surface area contributed by atoms with Gasteiger partial charge < -0.3 is 29.3 Å². The van der Waals surface area contributed by atoms with Gasteiger partial charge in [-0.1, -0.05) is 18.2 Å². The molecule has 184 valence electrons. The molecular weight excluding hydrogens is 451 g/mol. The average Bonchev–Trinajstić information content (AvgIpc) is 2.84. The number of amides is 1. The Kier molecular flexibility index (Phi) is 9.62. The summed E-state index contributed by atoms with van der Waals surface area (Å²) in [6, 6.07) is 10.1. The predicted molar refractivity (Wildman–Crippen MR) is 119 cm³/mol. The maximum Gasteiger partial charge on any atom is 0.414 e. The van der Waals surface area contributed by atoms with Crippen LogP contribution in [0.3, 0.4) is 0 Å². The van der Waals surface area contributed by atoms with E-state index in [4.69, 9.17) is 34.0 Å². The van der Waals surface area contributed by atoms with Crippen LogP contribution >= 0.6 is 0 Å². The van der Waals surface area contributed by atoms with Gasteiger partial charge in [-0.3, -0.25) is 9.69 Å². The molecule has 1 saturated heterocycles. The molecule has 0 radical (unpaired) electrons. The van der Waals surface area contributed by atoms with Gasteiger partial charge >= 0.3 is 11.9 Å². The average molecular weight is 478 g/mol. The third-order valence-electron chi connectivity index (χ3n) is 5.11. The van der Waals surface area contributed by atoms with Crippen LogP contribution in [0.4, 0.5) is 4.39 Å². The molecule has 10 nitrogen and oxygen atoms in total. The molecular formula is C23H27FN2O8. The van der Waals surface area contributed by atoms with Gasteiger partial charge in [0.2, 0.25) is 5.75 Å². The fraction of sp³-hybridized carbons (Fsp3) is 0.348. The first kappa shape index (κ1) is 26.4. The molecule has 1 heterocycles. The summed E-state index contributed by atoms with van der Waals surface area (Å²) >= 11 is 0. The van der Waals surface area contributed by atoms with Crippen molar-refractivity contribution in [1.82, 2.24) is 9.80 Å². The van der Waals surface area contributed by atoms with Crippen LogP contribution in [0, 0.1) is 5.82 Å². The molecule has 2 aromatic rings. The highest BCUT2D eigenvalue weighted by Gasteiger charge is 2.25. The molecule has 11 heteroatoms. The van der Waals surface area contributed by atoms with E-state index in [0.29, 0.717) is 61.1 Å². The second-order valence-corrected chi connectivity index (χ2v) is 7.18. The Morgan fingerprint density at radius 1 is 0.882 bits per heavy atom. The van der Waals surface area contributed by atoms with Crippen molar-refractivity contribution >= 4 is 17.8 Å². The highest BCUT2D eigenvalue weighted by atomic mass is 19.1. The smallest absolute Gasteiger partial charge is 0.414 e. The number of hydrogen-bond donors (Lipinski definition) is 2. The molecule has 1 amide bonds. The second kappa shape index (κ2) is 12.4. The van der Waals surface area contributed by atoms with Gasteiger partial charge in [-0.2, -0.15) is 0 Å². The van der Waals surface area contributed by atoms with Gasteiger partial charge in [0.15, 0.2) is 11.5 Å². The minimum Gasteiger partial charge on any atom is -0.493 e. The van der Waals surface area contributed by atoms with Crippen LogP contribution in [0.15, 0.2) is 36.4 Å². The number of halogens is 1. The topological polar surface area (TPSA) is 126 Å². The van der Waals surface area contributed by atoms with Gasteiger partial charge in [-0.15, -0.1) is 0 Å². The third-order valence-corrected chi connectivity index (χ3v) is 5.11. The summed E-state index contributed by atoms with van der Waals surface area (Å²) in [7, 11) is 4.57. The molecule has 3 rings (SSSR count). The van der Waals surface area contributed by atoms with Gasteiger partial charge in [0.25, 0.3) is 5.91 Å². The summed E-state index contributed by atoms with van der Waals surface area (Å²) in [6.45, 7) is 3.06. The maximum absolute atomic E-state index is 13.9. The standard InChI is InChI=1S/C21H25FN2O4.C2H2O4/c1-26-18-12-16(13-19(27-2)20(18)28-3)21(25)24-10-8-23(9-11-24)14-15-6-4-5-7-17(15)22;3-1(4)2(5)6/h4-7,12-13H,8-11,14H2,1-3H3;(H,3,4)(H,5,6). The van der Waals surface area contributed by atoms with Crippen molar-refractivity contribution in [2.45, 2.75) is 6.54 Å². The molecule has 2 aromatic carbocycles. The first-order valence-electron chi connectivity index (χ1n) is 10.2. The van der Waals surface area contributed by atoms with E-state index in [1.807, 2.05) is 6.07 Å². The minimum absolute atomic E-state index is 0.0928. The minimum atomic E-state index is -1.82. The normalized spacial score (nSPS) is 13.4. The summed E-state index contributed by atoms with van der Waals surface area (Å²) in [4.78, 5) is 35.1. The molecule has 1 fully saturated rings. The number of aliphatic carboxylic acids is 2. The van der Waals surface area contributed by atoms with Crippen molar-refractivity contribution in [3.63, 3.8) is 0 Å². The lowest BCUT2D eigenvalue weighted by Gasteiger charge is -2.35. The Morgan fingerprint density at radius 3 is 1.85 bits per heavy atom. The number of carbonyl (C=O) groups is 3. The zero-order valence-corrected chi connectivity index (χ0v) is 19.1. The zero-order chi connectivity index (χ0) is 25.3. The SMILES string of the molecule is COc1cc(C(=O)N2CCN(Cc3ccccc3F)CC2)cc(OC)c1OC.O=C(O)C(=O)O. The monoisotopic (exact) mass is 478 g/mol. The van der Waals surface area contributed by atoms with Gasteiger partial charge in [0.05, 0.1) is 21.3 Å². The van der Waals surface area contributed by atoms with E-state index in [1.165, 1.54) is 27.4 Å². The van der Waals surface area contributed by atoms with Gasteiger partial charge in [0.1, 0.15) is 5.82 Å². The van der Waals surface area contributed by atoms with Crippen LogP contribution in [0.25, 0.3) is 0 Å². The van der Waals surface area contributed by atoms with Gasteiger partial charge in [-0.05, 0) is 18.2 Å². The van der Waals surface area contributed by atoms with Gasteiger partial charge in [-0.25, -0.2) is 14.0 Å². The van der Waals surface area contributed by atoms with Crippen LogP contribution in [0.2, 0.25) is 0 Å². The van der Waals surface area contributed by atoms with Crippen LogP contribution in [-0.4, -0.2) is 85.4 Å². The predicted octanol–water partition coefficient (Wildman–Crippen LogP) is 1.97. The van der Waals surface area contributed by atoms with Crippen LogP contribution in [0.1, 0.15) is 15.9 Å². The van der Waals surface area contributed by atoms with Crippen LogP contribution in [0.5, 0.6) is 17.2 Å². The van der Waals surface area contributed by atoms with E-state index in [1.54, 1.807) is 29.2 Å². The largest absolute Gasteiger partial charge is 0.493 e. The number of nitrogens with zero attached hydrogens (tertiary/aromatic N) is 2. The van der Waals surface area contributed by atoms with E-state index < -0.39 is 11.9 Å². The molecule has 0 aliphatic carbocycles. The molecule has 2 N–H and O–H groups in total. The number of carbonyl (C=O) groups excluding carboxylic acids is 1. The molecule has 34 heavy (non-hydrogen) atoms. The van der Waals surface area contributed by atoms with E-state index in [0.717, 1.165) is 0 Å². The number of benzene rings is 2. The number of ether oxygens (including phenoxy) is 3. The number of rotatable bonds is 6. The molecule has 0 bridgehead atoms. The lowest BCUT2D eigenvalue weighted by molar-refractivity contribution is -0.159. The molecule has 1 aliphatic rings. The number of carboxylic acids is 2. The highest BCUT2D eigenvalue weighted by molar-refractivity contribution is 6.27. The second-order valence-electron chi connectivity index (χ2n) is 7.18. The lowest BCUT2D eigenvalue weighted by Crippen LogP contribution is -2.48. The highest BCUT2D eigenvalue weighted by Crippen LogP contribution is 2.38. The Hall–Kier alpha value is -3.86. The fourth-order valence-corrected chi connectivity index (χ4v) is 3.36. The molecule has 0 aromatic heterocycles. The van der Waals surface area contributed by atoms with Crippen molar-refractivity contribution in [2.75, 3.05) is 47.5 Å². The van der Waals surface area contributed by atoms with Crippen molar-refractivity contribution in [3.8, 4) is 17.2 Å². The summed E-state index contributed by atoms with van der Waals surface area (Å²) in [5.74, 6) is -2.59. The summed E-state index contributed by atoms with van der Waals surface area (Å²) < 4.78 is 29.8. The Labute approximate surface area is 196 Å². The molecule has 0 atom stereocenters. The summed E-state index contributed by atoms with van der Waals surface area (Å²) in [6.07, 6.45) is 0. The molecule has 0 saturated carbocycles. The molecule has 1 aliphatic heterocycles. The van der Waals surface area contributed by atoms with E-state index in [2.05, 4.69) is 4.90 Å². The lowest BCUT2D eigenvalue weighted by atomic mass is 10.1. The Bertz CT molecular complexity index is 985. The quantitative estimate of drug-likeness (QED) is 0.599. The number of piperazine rings is 1. The fourth-order valence-electron chi connectivity index (χ4n) is 3.36. The van der Waals surface area contributed by atoms with Gasteiger partial charge in [0, 0.05) is 43.9 Å². The molecule has 0 spiro atoms. The van der Waals surface area contributed by atoms with E-state index >= 15 is 0 Å².